The Labute approximate surface area is 180 Å². The van der Waals surface area contributed by atoms with Gasteiger partial charge in [0.2, 0.25) is 0 Å². The molecule has 1 saturated heterocycles. The van der Waals surface area contributed by atoms with Crippen LogP contribution in [0.3, 0.4) is 0 Å². The molecule has 0 aliphatic carbocycles. The normalized spacial score (nSPS) is 19.2. The fraction of sp³-hybridized carbons (Fsp3) is 0.316. The molecule has 10 heteroatoms. The van der Waals surface area contributed by atoms with E-state index in [1.807, 2.05) is 6.07 Å². The number of hydrogen-bond donors (Lipinski definition) is 2. The topological polar surface area (TPSA) is 44.4 Å². The van der Waals surface area contributed by atoms with Gasteiger partial charge in [0.05, 0.1) is 21.3 Å². The van der Waals surface area contributed by atoms with Crippen LogP contribution in [0.15, 0.2) is 42.5 Å². The number of amides is 1. The molecule has 1 fully saturated rings. The number of alkyl halides is 3. The Bertz CT molecular complexity index is 877. The maximum atomic E-state index is 12.7. The number of nitrogens with one attached hydrogen (secondary N) is 2. The first-order valence-electron chi connectivity index (χ1n) is 8.71. The number of carbonyl (C=O) groups is 1. The number of halogens is 6. The number of rotatable bonds is 5. The first kappa shape index (κ1) is 22.0. The summed E-state index contributed by atoms with van der Waals surface area (Å²) in [5.74, 6) is 0.0783. The summed E-state index contributed by atoms with van der Waals surface area (Å²) in [6, 6.07) is 9.78. The van der Waals surface area contributed by atoms with Crippen molar-refractivity contribution in [2.75, 3.05) is 25.1 Å². The van der Waals surface area contributed by atoms with Crippen LogP contribution in [-0.2, 0) is 6.18 Å². The number of nitrogens with zero attached hydrogens (tertiary/aromatic N) is 1. The van der Waals surface area contributed by atoms with Gasteiger partial charge in [-0.15, -0.1) is 0 Å². The Morgan fingerprint density at radius 3 is 2.38 bits per heavy atom. The number of hydrogen-bond acceptors (Lipinski definition) is 3. The second-order valence-electron chi connectivity index (χ2n) is 6.75. The van der Waals surface area contributed by atoms with Gasteiger partial charge in [-0.1, -0.05) is 29.3 Å². The van der Waals surface area contributed by atoms with Gasteiger partial charge in [0.15, 0.2) is 0 Å². The minimum atomic E-state index is -4.43. The Morgan fingerprint density at radius 2 is 1.79 bits per heavy atom. The van der Waals surface area contributed by atoms with E-state index in [4.69, 9.17) is 34.8 Å². The van der Waals surface area contributed by atoms with Gasteiger partial charge in [-0.05, 0) is 59.5 Å². The lowest BCUT2D eigenvalue weighted by atomic mass is 9.89. The summed E-state index contributed by atoms with van der Waals surface area (Å²) in [5.41, 5.74) is 3.32. The summed E-state index contributed by atoms with van der Waals surface area (Å²) in [4.78, 5) is 11.9. The highest BCUT2D eigenvalue weighted by Crippen LogP contribution is 2.33. The van der Waals surface area contributed by atoms with E-state index in [1.54, 1.807) is 12.1 Å². The third-order valence-electron chi connectivity index (χ3n) is 4.82. The Balaban J connectivity index is 1.72. The molecule has 2 aromatic rings. The molecule has 0 spiro atoms. The maximum Gasteiger partial charge on any atom is 0.416 e. The molecular formula is C19H17Cl3F3N3O. The van der Waals surface area contributed by atoms with Gasteiger partial charge in [0, 0.05) is 25.6 Å². The van der Waals surface area contributed by atoms with Crippen LogP contribution in [0.5, 0.6) is 0 Å². The second-order valence-corrected chi connectivity index (χ2v) is 7.89. The molecule has 1 amide bonds. The molecule has 2 atom stereocenters. The van der Waals surface area contributed by atoms with Gasteiger partial charge in [0.25, 0.3) is 0 Å². The van der Waals surface area contributed by atoms with E-state index in [-0.39, 0.29) is 18.4 Å². The highest BCUT2D eigenvalue weighted by molar-refractivity contribution is 6.62. The van der Waals surface area contributed by atoms with Gasteiger partial charge in [0.1, 0.15) is 0 Å². The average molecular weight is 467 g/mol. The van der Waals surface area contributed by atoms with E-state index < -0.39 is 17.1 Å². The summed E-state index contributed by atoms with van der Waals surface area (Å²) in [6.07, 6.45) is -4.43. The SMILES string of the molecule is O=C(Cl)N(CC1CNCC1c1ccc(Cl)c(Cl)c1)Nc1ccc(C(F)(F)F)cc1. The maximum absolute atomic E-state index is 12.7. The van der Waals surface area contributed by atoms with Crippen molar-refractivity contribution < 1.29 is 18.0 Å². The zero-order chi connectivity index (χ0) is 21.2. The van der Waals surface area contributed by atoms with Crippen molar-refractivity contribution in [1.82, 2.24) is 10.3 Å². The molecule has 0 aromatic heterocycles. The van der Waals surface area contributed by atoms with Gasteiger partial charge in [-0.25, -0.2) is 5.01 Å². The smallest absolute Gasteiger partial charge is 0.316 e. The molecule has 1 heterocycles. The molecular weight excluding hydrogens is 450 g/mol. The fourth-order valence-corrected chi connectivity index (χ4v) is 3.76. The quantitative estimate of drug-likeness (QED) is 0.322. The van der Waals surface area contributed by atoms with Crippen molar-refractivity contribution in [3.05, 3.63) is 63.6 Å². The van der Waals surface area contributed by atoms with Crippen LogP contribution in [0, 0.1) is 5.92 Å². The minimum Gasteiger partial charge on any atom is -0.316 e. The Morgan fingerprint density at radius 1 is 1.10 bits per heavy atom. The van der Waals surface area contributed by atoms with Crippen molar-refractivity contribution in [3.63, 3.8) is 0 Å². The van der Waals surface area contributed by atoms with E-state index in [0.717, 1.165) is 17.7 Å². The van der Waals surface area contributed by atoms with Crippen LogP contribution in [0.25, 0.3) is 0 Å². The van der Waals surface area contributed by atoms with E-state index in [9.17, 15) is 18.0 Å². The molecule has 0 saturated carbocycles. The van der Waals surface area contributed by atoms with E-state index >= 15 is 0 Å². The summed E-state index contributed by atoms with van der Waals surface area (Å²) in [6.45, 7) is 1.58. The molecule has 0 bridgehead atoms. The molecule has 0 radical (unpaired) electrons. The van der Waals surface area contributed by atoms with Crippen LogP contribution in [0.1, 0.15) is 17.0 Å². The summed E-state index contributed by atoms with van der Waals surface area (Å²) >= 11 is 17.8. The largest absolute Gasteiger partial charge is 0.416 e. The zero-order valence-electron chi connectivity index (χ0n) is 14.9. The zero-order valence-corrected chi connectivity index (χ0v) is 17.2. The lowest BCUT2D eigenvalue weighted by molar-refractivity contribution is -0.137. The standard InChI is InChI=1S/C19H17Cl3F3N3O/c20-16-6-1-11(7-17(16)21)15-9-26-8-12(15)10-28(18(22)29)27-14-4-2-13(3-5-14)19(23,24)25/h1-7,12,15,26-27H,8-10H2. The van der Waals surface area contributed by atoms with Gasteiger partial charge < -0.3 is 5.32 Å². The lowest BCUT2D eigenvalue weighted by Crippen LogP contribution is -2.38. The van der Waals surface area contributed by atoms with Crippen LogP contribution in [-0.4, -0.2) is 30.0 Å². The van der Waals surface area contributed by atoms with Gasteiger partial charge >= 0.3 is 11.5 Å². The summed E-state index contributed by atoms with van der Waals surface area (Å²) < 4.78 is 38.1. The molecule has 1 aliphatic heterocycles. The molecule has 2 aromatic carbocycles. The first-order chi connectivity index (χ1) is 13.6. The van der Waals surface area contributed by atoms with Crippen molar-refractivity contribution in [2.45, 2.75) is 12.1 Å². The van der Waals surface area contributed by atoms with Gasteiger partial charge in [-0.3, -0.25) is 10.2 Å². The van der Waals surface area contributed by atoms with Crippen molar-refractivity contribution >= 4 is 45.9 Å². The van der Waals surface area contributed by atoms with Crippen LogP contribution in [0.4, 0.5) is 23.7 Å². The van der Waals surface area contributed by atoms with Gasteiger partial charge in [-0.2, -0.15) is 13.2 Å². The minimum absolute atomic E-state index is 0.0110. The molecule has 3 rings (SSSR count). The molecule has 1 aliphatic rings. The number of carbonyl (C=O) groups excluding carboxylic acids is 1. The second kappa shape index (κ2) is 9.00. The Kier molecular flexibility index (Phi) is 6.83. The molecule has 4 nitrogen and oxygen atoms in total. The van der Waals surface area contributed by atoms with Crippen molar-refractivity contribution in [1.29, 1.82) is 0 Å². The van der Waals surface area contributed by atoms with E-state index in [2.05, 4.69) is 10.7 Å². The van der Waals surface area contributed by atoms with Crippen LogP contribution in [0.2, 0.25) is 10.0 Å². The predicted octanol–water partition coefficient (Wildman–Crippen LogP) is 6.00. The highest BCUT2D eigenvalue weighted by atomic mass is 35.5. The monoisotopic (exact) mass is 465 g/mol. The molecule has 156 valence electrons. The average Bonchev–Trinajstić information content (AvgIpc) is 3.11. The van der Waals surface area contributed by atoms with E-state index in [1.165, 1.54) is 17.1 Å². The molecule has 2 unspecified atom stereocenters. The Hall–Kier alpha value is -1.67. The lowest BCUT2D eigenvalue weighted by Gasteiger charge is -2.28. The third kappa shape index (κ3) is 5.48. The fourth-order valence-electron chi connectivity index (χ4n) is 3.34. The highest BCUT2D eigenvalue weighted by Gasteiger charge is 2.32. The van der Waals surface area contributed by atoms with Crippen LogP contribution >= 0.6 is 34.8 Å². The first-order valence-corrected chi connectivity index (χ1v) is 9.85. The van der Waals surface area contributed by atoms with Crippen molar-refractivity contribution in [3.8, 4) is 0 Å². The van der Waals surface area contributed by atoms with E-state index in [0.29, 0.717) is 28.8 Å². The third-order valence-corrected chi connectivity index (χ3v) is 5.76. The summed E-state index contributed by atoms with van der Waals surface area (Å²) in [5, 5.41) is 4.61. The number of benzene rings is 2. The summed E-state index contributed by atoms with van der Waals surface area (Å²) in [7, 11) is 0. The van der Waals surface area contributed by atoms with Crippen molar-refractivity contribution in [2.24, 2.45) is 5.92 Å². The number of anilines is 1. The predicted molar refractivity (Wildman–Crippen MR) is 109 cm³/mol. The molecule has 29 heavy (non-hydrogen) atoms. The molecule has 2 N–H and O–H groups in total. The van der Waals surface area contributed by atoms with Crippen LogP contribution < -0.4 is 10.7 Å². The number of hydrazine groups is 1.